The number of rotatable bonds is 7. The highest BCUT2D eigenvalue weighted by atomic mass is 16.5. The van der Waals surface area contributed by atoms with Crippen LogP contribution in [0, 0.1) is 5.41 Å². The van der Waals surface area contributed by atoms with Crippen molar-refractivity contribution in [2.45, 2.75) is 60.6 Å². The van der Waals surface area contributed by atoms with Gasteiger partial charge in [-0.2, -0.15) is 5.10 Å². The summed E-state index contributed by atoms with van der Waals surface area (Å²) >= 11 is 0. The fraction of sp³-hybridized carbons (Fsp3) is 0.400. The van der Waals surface area contributed by atoms with Crippen LogP contribution in [0.2, 0.25) is 0 Å². The molecule has 8 heteroatoms. The second-order valence-corrected chi connectivity index (χ2v) is 9.29. The second-order valence-electron chi connectivity index (χ2n) is 9.29. The minimum absolute atomic E-state index is 0.0204. The summed E-state index contributed by atoms with van der Waals surface area (Å²) in [5.41, 5.74) is -0.303. The highest BCUT2D eigenvalue weighted by molar-refractivity contribution is 6.09. The third kappa shape index (κ3) is 5.45. The topological polar surface area (TPSA) is 103 Å². The van der Waals surface area contributed by atoms with Gasteiger partial charge in [-0.05, 0) is 32.6 Å². The molecule has 2 heterocycles. The first-order valence-electron chi connectivity index (χ1n) is 11.0. The quantitative estimate of drug-likeness (QED) is 0.410. The Morgan fingerprint density at radius 3 is 2.52 bits per heavy atom. The number of aryl methyl sites for hydroxylation is 1. The number of nitrogens with zero attached hydrogens (tertiary/aromatic N) is 3. The molecule has 8 nitrogen and oxygen atoms in total. The third-order valence-electron chi connectivity index (χ3n) is 5.14. The number of aromatic nitrogens is 3. The average Bonchev–Trinajstić information content (AvgIpc) is 2.73. The molecule has 0 saturated heterocycles. The molecule has 3 rings (SSSR count). The van der Waals surface area contributed by atoms with Gasteiger partial charge >= 0.3 is 5.97 Å². The summed E-state index contributed by atoms with van der Waals surface area (Å²) in [5, 5.41) is 8.93. The maximum Gasteiger partial charge on any atom is 0.359 e. The van der Waals surface area contributed by atoms with E-state index in [1.807, 2.05) is 45.0 Å². The predicted octanol–water partition coefficient (Wildman–Crippen LogP) is 4.74. The lowest BCUT2D eigenvalue weighted by Gasteiger charge is -2.23. The van der Waals surface area contributed by atoms with E-state index in [0.29, 0.717) is 12.1 Å². The first kappa shape index (κ1) is 24.1. The van der Waals surface area contributed by atoms with Crippen molar-refractivity contribution in [3.05, 3.63) is 58.3 Å². The van der Waals surface area contributed by atoms with E-state index in [2.05, 4.69) is 15.4 Å². The number of ketones is 1. The lowest BCUT2D eigenvalue weighted by molar-refractivity contribution is 0.0241. The molecule has 0 aliphatic carbocycles. The van der Waals surface area contributed by atoms with Gasteiger partial charge in [0.05, 0.1) is 23.6 Å². The number of hydrogen-bond donors (Lipinski definition) is 1. The molecule has 0 amide bonds. The van der Waals surface area contributed by atoms with Gasteiger partial charge in [-0.3, -0.25) is 14.6 Å². The minimum atomic E-state index is -0.738. The van der Waals surface area contributed by atoms with Crippen LogP contribution in [0.1, 0.15) is 68.8 Å². The number of ether oxygens (including phenoxy) is 1. The van der Waals surface area contributed by atoms with E-state index in [1.165, 1.54) is 6.92 Å². The highest BCUT2D eigenvalue weighted by Crippen LogP contribution is 2.27. The fourth-order valence-electron chi connectivity index (χ4n) is 3.88. The van der Waals surface area contributed by atoms with Crippen molar-refractivity contribution in [2.75, 3.05) is 5.32 Å². The van der Waals surface area contributed by atoms with Gasteiger partial charge in [0.15, 0.2) is 11.5 Å². The molecule has 0 spiro atoms. The summed E-state index contributed by atoms with van der Waals surface area (Å²) < 4.78 is 6.76. The number of hydrogen-bond acceptors (Lipinski definition) is 7. The standard InChI is InChI=1S/C25H30N4O4/c1-7-29-23(31)21(27-19-14-26-13-17-10-8-9-11-18(17)19)20(16(3)30)22(28-29)24(32)33-15(2)12-25(4,5)6/h8-11,13-15,27H,7,12H2,1-6H3. The van der Waals surface area contributed by atoms with E-state index < -0.39 is 17.3 Å². The zero-order valence-corrected chi connectivity index (χ0v) is 19.9. The molecule has 3 aromatic rings. The summed E-state index contributed by atoms with van der Waals surface area (Å²) in [6.45, 7) is 11.2. The largest absolute Gasteiger partial charge is 0.458 e. The van der Waals surface area contributed by atoms with Crippen LogP contribution >= 0.6 is 0 Å². The SMILES string of the molecule is CCn1nc(C(=O)OC(C)CC(C)(C)C)c(C(C)=O)c(Nc2cncc3ccccc23)c1=O. The average molecular weight is 451 g/mol. The number of fused-ring (bicyclic) bond motifs is 1. The molecule has 0 fully saturated rings. The number of pyridine rings is 1. The summed E-state index contributed by atoms with van der Waals surface area (Å²) in [7, 11) is 0. The second kappa shape index (κ2) is 9.52. The summed E-state index contributed by atoms with van der Waals surface area (Å²) in [5.74, 6) is -1.20. The molecule has 1 atom stereocenters. The number of carbonyl (C=O) groups is 2. The lowest BCUT2D eigenvalue weighted by Crippen LogP contribution is -2.32. The van der Waals surface area contributed by atoms with Gasteiger partial charge in [0, 0.05) is 23.5 Å². The predicted molar refractivity (Wildman–Crippen MR) is 128 cm³/mol. The number of benzene rings is 1. The maximum atomic E-state index is 13.2. The smallest absolute Gasteiger partial charge is 0.359 e. The van der Waals surface area contributed by atoms with Gasteiger partial charge in [0.2, 0.25) is 0 Å². The van der Waals surface area contributed by atoms with Crippen LogP contribution in [0.15, 0.2) is 41.5 Å². The van der Waals surface area contributed by atoms with Crippen molar-refractivity contribution in [3.8, 4) is 0 Å². The van der Waals surface area contributed by atoms with Crippen molar-refractivity contribution < 1.29 is 14.3 Å². The van der Waals surface area contributed by atoms with E-state index in [9.17, 15) is 14.4 Å². The van der Waals surface area contributed by atoms with Gasteiger partial charge in [-0.15, -0.1) is 0 Å². The van der Waals surface area contributed by atoms with Crippen LogP contribution in [-0.4, -0.2) is 32.6 Å². The van der Waals surface area contributed by atoms with Crippen LogP contribution < -0.4 is 10.9 Å². The highest BCUT2D eigenvalue weighted by Gasteiger charge is 2.28. The van der Waals surface area contributed by atoms with Crippen molar-refractivity contribution in [1.29, 1.82) is 0 Å². The van der Waals surface area contributed by atoms with Gasteiger partial charge in [0.25, 0.3) is 5.56 Å². The van der Waals surface area contributed by atoms with E-state index >= 15 is 0 Å². The van der Waals surface area contributed by atoms with Crippen LogP contribution in [0.25, 0.3) is 10.8 Å². The van der Waals surface area contributed by atoms with Crippen LogP contribution in [0.5, 0.6) is 0 Å². The number of Topliss-reactive ketones (excluding diaryl/α,β-unsaturated/α-hetero) is 1. The van der Waals surface area contributed by atoms with Gasteiger partial charge in [-0.1, -0.05) is 45.0 Å². The Morgan fingerprint density at radius 2 is 1.88 bits per heavy atom. The van der Waals surface area contributed by atoms with Gasteiger partial charge < -0.3 is 10.1 Å². The number of esters is 1. The molecule has 33 heavy (non-hydrogen) atoms. The molecule has 0 radical (unpaired) electrons. The van der Waals surface area contributed by atoms with Gasteiger partial charge in [0.1, 0.15) is 5.69 Å². The van der Waals surface area contributed by atoms with Crippen molar-refractivity contribution in [3.63, 3.8) is 0 Å². The number of carbonyl (C=O) groups excluding carboxylic acids is 2. The molecule has 2 aromatic heterocycles. The summed E-state index contributed by atoms with van der Waals surface area (Å²) in [6, 6.07) is 7.54. The molecule has 0 bridgehead atoms. The summed E-state index contributed by atoms with van der Waals surface area (Å²) in [6.07, 6.45) is 3.53. The Balaban J connectivity index is 2.13. The Bertz CT molecular complexity index is 1250. The molecule has 1 N–H and O–H groups in total. The van der Waals surface area contributed by atoms with E-state index in [4.69, 9.17) is 4.74 Å². The Morgan fingerprint density at radius 1 is 1.18 bits per heavy atom. The molecule has 0 aliphatic heterocycles. The van der Waals surface area contributed by atoms with E-state index in [1.54, 1.807) is 26.2 Å². The lowest BCUT2D eigenvalue weighted by atomic mass is 9.90. The summed E-state index contributed by atoms with van der Waals surface area (Å²) in [4.78, 5) is 43.1. The normalized spacial score (nSPS) is 12.4. The van der Waals surface area contributed by atoms with Crippen molar-refractivity contribution in [1.82, 2.24) is 14.8 Å². The maximum absolute atomic E-state index is 13.2. The van der Waals surface area contributed by atoms with Crippen molar-refractivity contribution >= 4 is 33.9 Å². The Kier molecular flexibility index (Phi) is 6.95. The Labute approximate surface area is 193 Å². The first-order chi connectivity index (χ1) is 15.5. The fourth-order valence-corrected chi connectivity index (χ4v) is 3.88. The molecule has 0 aliphatic rings. The molecule has 174 valence electrons. The minimum Gasteiger partial charge on any atom is -0.458 e. The van der Waals surface area contributed by atoms with Crippen molar-refractivity contribution in [2.24, 2.45) is 5.41 Å². The molecule has 1 unspecified atom stereocenters. The molecular formula is C25H30N4O4. The number of nitrogens with one attached hydrogen (secondary N) is 1. The zero-order valence-electron chi connectivity index (χ0n) is 19.9. The van der Waals surface area contributed by atoms with Gasteiger partial charge in [-0.25, -0.2) is 9.48 Å². The van der Waals surface area contributed by atoms with Crippen LogP contribution in [0.4, 0.5) is 11.4 Å². The zero-order chi connectivity index (χ0) is 24.3. The monoisotopic (exact) mass is 450 g/mol. The molecule has 1 aromatic carbocycles. The van der Waals surface area contributed by atoms with Crippen LogP contribution in [0.3, 0.4) is 0 Å². The Hall–Kier alpha value is -3.55. The van der Waals surface area contributed by atoms with E-state index in [-0.39, 0.29) is 35.0 Å². The third-order valence-corrected chi connectivity index (χ3v) is 5.14. The van der Waals surface area contributed by atoms with Crippen LogP contribution in [-0.2, 0) is 11.3 Å². The molecule has 0 saturated carbocycles. The number of anilines is 2. The molecular weight excluding hydrogens is 420 g/mol. The van der Waals surface area contributed by atoms with E-state index in [0.717, 1.165) is 15.5 Å². The first-order valence-corrected chi connectivity index (χ1v) is 11.0.